The van der Waals surface area contributed by atoms with E-state index < -0.39 is 23.0 Å². The number of carboxylic acid groups (broad SMARTS) is 1. The van der Waals surface area contributed by atoms with Crippen molar-refractivity contribution in [1.29, 1.82) is 0 Å². The number of hydrogen-bond acceptors (Lipinski definition) is 7. The van der Waals surface area contributed by atoms with Gasteiger partial charge in [0.2, 0.25) is 5.91 Å². The topological polar surface area (TPSA) is 144 Å². The average Bonchev–Trinajstić information content (AvgIpc) is 2.64. The third-order valence-corrected chi connectivity index (χ3v) is 4.24. The Kier molecular flexibility index (Phi) is 5.25. The fourth-order valence-corrected chi connectivity index (χ4v) is 2.81. The second-order valence-electron chi connectivity index (χ2n) is 6.29. The minimum absolute atomic E-state index is 0.0199. The summed E-state index contributed by atoms with van der Waals surface area (Å²) in [6.07, 6.45) is 1.63. The Balaban J connectivity index is 1.71. The lowest BCUT2D eigenvalue weighted by Gasteiger charge is -2.19. The number of hydrazone groups is 2. The summed E-state index contributed by atoms with van der Waals surface area (Å²) < 4.78 is 0. The van der Waals surface area contributed by atoms with E-state index in [0.29, 0.717) is 12.1 Å². The van der Waals surface area contributed by atoms with Gasteiger partial charge >= 0.3 is 5.97 Å². The number of nitrogens with zero attached hydrogens (tertiary/aromatic N) is 2. The van der Waals surface area contributed by atoms with E-state index in [2.05, 4.69) is 21.1 Å². The summed E-state index contributed by atoms with van der Waals surface area (Å²) in [6, 6.07) is 9.75. The van der Waals surface area contributed by atoms with Gasteiger partial charge in [-0.15, -0.1) is 0 Å². The van der Waals surface area contributed by atoms with Gasteiger partial charge in [0.05, 0.1) is 17.6 Å². The molecule has 1 heterocycles. The molecule has 1 aliphatic heterocycles. The maximum atomic E-state index is 11.3. The molecule has 5 N–H and O–H groups in total. The van der Waals surface area contributed by atoms with Crippen LogP contribution in [0.4, 0.5) is 5.69 Å². The van der Waals surface area contributed by atoms with Gasteiger partial charge in [0, 0.05) is 17.9 Å². The van der Waals surface area contributed by atoms with Gasteiger partial charge in [0.15, 0.2) is 0 Å². The summed E-state index contributed by atoms with van der Waals surface area (Å²) in [6.45, 7) is 1.93. The first-order chi connectivity index (χ1) is 13.4. The molecule has 1 amide bonds. The van der Waals surface area contributed by atoms with Crippen LogP contribution in [0.2, 0.25) is 0 Å². The SMILES string of the molecule is CC1CC(=O)NN=C1c1ccc(NN=Cc2ccc(O)c(C(=O)O)c2O)cc1. The van der Waals surface area contributed by atoms with Crippen LogP contribution in [0.1, 0.15) is 34.8 Å². The molecule has 0 fully saturated rings. The van der Waals surface area contributed by atoms with Crippen LogP contribution in [0.3, 0.4) is 0 Å². The van der Waals surface area contributed by atoms with E-state index in [9.17, 15) is 19.8 Å². The lowest BCUT2D eigenvalue weighted by atomic mass is 9.94. The number of phenols is 2. The number of aromatic carboxylic acids is 1. The average molecular weight is 382 g/mol. The van der Waals surface area contributed by atoms with Crippen molar-refractivity contribution in [2.75, 3.05) is 5.43 Å². The van der Waals surface area contributed by atoms with E-state index in [-0.39, 0.29) is 17.4 Å². The lowest BCUT2D eigenvalue weighted by molar-refractivity contribution is -0.121. The fraction of sp³-hybridized carbons (Fsp3) is 0.158. The first-order valence-corrected chi connectivity index (χ1v) is 8.41. The van der Waals surface area contributed by atoms with Crippen molar-refractivity contribution in [3.63, 3.8) is 0 Å². The Morgan fingerprint density at radius 3 is 2.61 bits per heavy atom. The molecule has 0 aromatic heterocycles. The largest absolute Gasteiger partial charge is 0.507 e. The lowest BCUT2D eigenvalue weighted by Crippen LogP contribution is -2.31. The Morgan fingerprint density at radius 2 is 1.96 bits per heavy atom. The molecule has 0 radical (unpaired) electrons. The van der Waals surface area contributed by atoms with Crippen LogP contribution < -0.4 is 10.9 Å². The van der Waals surface area contributed by atoms with Gasteiger partial charge in [-0.05, 0) is 29.8 Å². The van der Waals surface area contributed by atoms with Gasteiger partial charge < -0.3 is 15.3 Å². The van der Waals surface area contributed by atoms with Gasteiger partial charge in [0.25, 0.3) is 0 Å². The summed E-state index contributed by atoms with van der Waals surface area (Å²) >= 11 is 0. The number of carbonyl (C=O) groups excluding carboxylic acids is 1. The zero-order valence-corrected chi connectivity index (χ0v) is 14.9. The van der Waals surface area contributed by atoms with Crippen molar-refractivity contribution in [2.45, 2.75) is 13.3 Å². The molecule has 3 rings (SSSR count). The second kappa shape index (κ2) is 7.78. The molecule has 144 valence electrons. The normalized spacial score (nSPS) is 16.5. The number of carboxylic acids is 1. The minimum Gasteiger partial charge on any atom is -0.507 e. The first kappa shape index (κ1) is 18.9. The minimum atomic E-state index is -1.44. The van der Waals surface area contributed by atoms with Crippen LogP contribution in [-0.2, 0) is 4.79 Å². The number of benzene rings is 2. The van der Waals surface area contributed by atoms with E-state index in [1.165, 1.54) is 18.3 Å². The standard InChI is InChI=1S/C19H18N4O5/c1-10-8-15(25)22-23-17(10)11-2-5-13(6-3-11)21-20-9-12-4-7-14(24)16(18(12)26)19(27)28/h2-7,9-10,21,24,26H,8H2,1H3,(H,22,25)(H,27,28). The first-order valence-electron chi connectivity index (χ1n) is 8.41. The molecule has 0 aliphatic carbocycles. The van der Waals surface area contributed by atoms with Gasteiger partial charge in [-0.3, -0.25) is 10.2 Å². The molecular weight excluding hydrogens is 364 g/mol. The van der Waals surface area contributed by atoms with Crippen molar-refractivity contribution >= 4 is 29.5 Å². The molecule has 2 aromatic carbocycles. The smallest absolute Gasteiger partial charge is 0.343 e. The third-order valence-electron chi connectivity index (χ3n) is 4.24. The van der Waals surface area contributed by atoms with Crippen LogP contribution in [0.5, 0.6) is 11.5 Å². The number of hydrogen-bond donors (Lipinski definition) is 5. The Bertz CT molecular complexity index is 983. The molecule has 9 nitrogen and oxygen atoms in total. The van der Waals surface area contributed by atoms with E-state index in [1.54, 1.807) is 12.1 Å². The molecule has 0 saturated heterocycles. The van der Waals surface area contributed by atoms with Crippen LogP contribution in [0, 0.1) is 5.92 Å². The van der Waals surface area contributed by atoms with Crippen molar-refractivity contribution in [3.05, 3.63) is 53.1 Å². The van der Waals surface area contributed by atoms with Gasteiger partial charge in [-0.25, -0.2) is 10.2 Å². The highest BCUT2D eigenvalue weighted by molar-refractivity contribution is 6.05. The zero-order valence-electron chi connectivity index (χ0n) is 14.9. The molecule has 0 spiro atoms. The summed E-state index contributed by atoms with van der Waals surface area (Å²) in [5, 5.41) is 36.6. The van der Waals surface area contributed by atoms with Gasteiger partial charge in [0.1, 0.15) is 17.1 Å². The van der Waals surface area contributed by atoms with Crippen molar-refractivity contribution < 1.29 is 24.9 Å². The Hall–Kier alpha value is -3.88. The Morgan fingerprint density at radius 1 is 1.25 bits per heavy atom. The van der Waals surface area contributed by atoms with Gasteiger partial charge in [-0.2, -0.15) is 10.2 Å². The van der Waals surface area contributed by atoms with Crippen LogP contribution in [0.15, 0.2) is 46.6 Å². The highest BCUT2D eigenvalue weighted by Gasteiger charge is 2.21. The van der Waals surface area contributed by atoms with E-state index in [4.69, 9.17) is 5.11 Å². The summed E-state index contributed by atoms with van der Waals surface area (Å²) in [4.78, 5) is 22.4. The highest BCUT2D eigenvalue weighted by atomic mass is 16.4. The van der Waals surface area contributed by atoms with E-state index in [0.717, 1.165) is 11.3 Å². The van der Waals surface area contributed by atoms with Crippen LogP contribution in [-0.4, -0.2) is 39.1 Å². The second-order valence-corrected chi connectivity index (χ2v) is 6.29. The monoisotopic (exact) mass is 382 g/mol. The molecule has 1 atom stereocenters. The predicted octanol–water partition coefficient (Wildman–Crippen LogP) is 2.10. The molecule has 0 saturated carbocycles. The molecule has 2 aromatic rings. The van der Waals surface area contributed by atoms with Crippen molar-refractivity contribution in [2.24, 2.45) is 16.1 Å². The molecular formula is C19H18N4O5. The predicted molar refractivity (Wildman–Crippen MR) is 103 cm³/mol. The van der Waals surface area contributed by atoms with Crippen molar-refractivity contribution in [3.8, 4) is 11.5 Å². The van der Waals surface area contributed by atoms with E-state index >= 15 is 0 Å². The molecule has 9 heteroatoms. The van der Waals surface area contributed by atoms with Crippen molar-refractivity contribution in [1.82, 2.24) is 5.43 Å². The molecule has 1 aliphatic rings. The summed E-state index contributed by atoms with van der Waals surface area (Å²) in [7, 11) is 0. The zero-order chi connectivity index (χ0) is 20.3. The fourth-order valence-electron chi connectivity index (χ4n) is 2.81. The molecule has 28 heavy (non-hydrogen) atoms. The third kappa shape index (κ3) is 3.93. The summed E-state index contributed by atoms with van der Waals surface area (Å²) in [5.74, 6) is -2.62. The van der Waals surface area contributed by atoms with Crippen LogP contribution in [0.25, 0.3) is 0 Å². The quantitative estimate of drug-likeness (QED) is 0.396. The highest BCUT2D eigenvalue weighted by Crippen LogP contribution is 2.29. The van der Waals surface area contributed by atoms with E-state index in [1.807, 2.05) is 19.1 Å². The summed E-state index contributed by atoms with van der Waals surface area (Å²) in [5.41, 5.74) is 7.14. The Labute approximate surface area is 160 Å². The van der Waals surface area contributed by atoms with Gasteiger partial charge in [-0.1, -0.05) is 19.1 Å². The number of rotatable bonds is 5. The number of carbonyl (C=O) groups is 2. The molecule has 1 unspecified atom stereocenters. The number of nitrogens with one attached hydrogen (secondary N) is 2. The maximum Gasteiger partial charge on any atom is 0.343 e. The number of anilines is 1. The molecule has 0 bridgehead atoms. The number of aromatic hydroxyl groups is 2. The van der Waals surface area contributed by atoms with Crippen LogP contribution >= 0.6 is 0 Å². The number of amides is 1. The maximum absolute atomic E-state index is 11.3.